The molecule has 0 rings (SSSR count). The molecule has 0 aliphatic heterocycles. The van der Waals surface area contributed by atoms with Crippen molar-refractivity contribution in [2.45, 2.75) is 59.5 Å². The van der Waals surface area contributed by atoms with Crippen LogP contribution in [0.2, 0.25) is 0 Å². The van der Waals surface area contributed by atoms with E-state index < -0.39 is 0 Å². The minimum absolute atomic E-state index is 0.642. The van der Waals surface area contributed by atoms with Crippen LogP contribution in [0.15, 0.2) is 0 Å². The molecule has 0 aromatic heterocycles. The highest BCUT2D eigenvalue weighted by molar-refractivity contribution is 4.68. The van der Waals surface area contributed by atoms with Crippen molar-refractivity contribution in [3.63, 3.8) is 0 Å². The monoisotopic (exact) mass is 214 g/mol. The highest BCUT2D eigenvalue weighted by atomic mass is 15.1. The molecule has 0 saturated heterocycles. The molecule has 0 aromatic carbocycles. The lowest BCUT2D eigenvalue weighted by molar-refractivity contribution is 0.218. The maximum absolute atomic E-state index is 3.45. The summed E-state index contributed by atoms with van der Waals surface area (Å²) in [6.45, 7) is 13.6. The second-order valence-electron chi connectivity index (χ2n) is 5.21. The highest BCUT2D eigenvalue weighted by Gasteiger charge is 2.11. The Kier molecular flexibility index (Phi) is 8.07. The summed E-state index contributed by atoms with van der Waals surface area (Å²) in [5.41, 5.74) is 0. The molecule has 0 saturated carbocycles. The molecule has 2 atom stereocenters. The molecule has 1 N–H and O–H groups in total. The average molecular weight is 214 g/mol. The fourth-order valence-electron chi connectivity index (χ4n) is 1.93. The van der Waals surface area contributed by atoms with Gasteiger partial charge in [0.15, 0.2) is 0 Å². The van der Waals surface area contributed by atoms with Gasteiger partial charge in [-0.1, -0.05) is 20.8 Å². The lowest BCUT2D eigenvalue weighted by Gasteiger charge is -2.27. The van der Waals surface area contributed by atoms with Crippen LogP contribution >= 0.6 is 0 Å². The molecule has 0 heterocycles. The van der Waals surface area contributed by atoms with Crippen molar-refractivity contribution in [2.75, 3.05) is 20.1 Å². The van der Waals surface area contributed by atoms with Gasteiger partial charge in [0, 0.05) is 12.1 Å². The molecule has 0 fully saturated rings. The molecule has 2 heteroatoms. The minimum Gasteiger partial charge on any atom is -0.314 e. The first-order valence-corrected chi connectivity index (χ1v) is 6.41. The van der Waals surface area contributed by atoms with Crippen LogP contribution in [-0.4, -0.2) is 37.1 Å². The quantitative estimate of drug-likeness (QED) is 0.668. The number of nitrogens with zero attached hydrogens (tertiary/aromatic N) is 1. The van der Waals surface area contributed by atoms with Crippen LogP contribution in [-0.2, 0) is 0 Å². The first-order chi connectivity index (χ1) is 6.97. The third kappa shape index (κ3) is 7.80. The van der Waals surface area contributed by atoms with Gasteiger partial charge in [-0.05, 0) is 52.7 Å². The zero-order valence-electron chi connectivity index (χ0n) is 11.5. The van der Waals surface area contributed by atoms with Crippen LogP contribution in [0, 0.1) is 5.92 Å². The van der Waals surface area contributed by atoms with Crippen LogP contribution in [0.3, 0.4) is 0 Å². The molecule has 0 bridgehead atoms. The summed E-state index contributed by atoms with van der Waals surface area (Å²) in [7, 11) is 2.24. The molecule has 0 aliphatic carbocycles. The summed E-state index contributed by atoms with van der Waals surface area (Å²) in [5, 5.41) is 3.45. The summed E-state index contributed by atoms with van der Waals surface area (Å²) < 4.78 is 0. The van der Waals surface area contributed by atoms with Gasteiger partial charge in [0.25, 0.3) is 0 Å². The van der Waals surface area contributed by atoms with Crippen molar-refractivity contribution < 1.29 is 0 Å². The Labute approximate surface area is 96.4 Å². The third-order valence-corrected chi connectivity index (χ3v) is 3.03. The fourth-order valence-corrected chi connectivity index (χ4v) is 1.93. The molecule has 0 radical (unpaired) electrons. The van der Waals surface area contributed by atoms with Gasteiger partial charge < -0.3 is 10.2 Å². The predicted octanol–water partition coefficient (Wildman–Crippen LogP) is 2.74. The van der Waals surface area contributed by atoms with E-state index in [2.05, 4.69) is 51.9 Å². The fraction of sp³-hybridized carbons (Fsp3) is 1.00. The number of rotatable bonds is 8. The third-order valence-electron chi connectivity index (χ3n) is 3.03. The zero-order valence-corrected chi connectivity index (χ0v) is 11.5. The van der Waals surface area contributed by atoms with Crippen LogP contribution in [0.4, 0.5) is 0 Å². The normalized spacial score (nSPS) is 16.0. The Bertz CT molecular complexity index is 145. The largest absolute Gasteiger partial charge is 0.314 e. The number of nitrogens with one attached hydrogen (secondary N) is 1. The van der Waals surface area contributed by atoms with Gasteiger partial charge in [-0.15, -0.1) is 0 Å². The van der Waals surface area contributed by atoms with Crippen molar-refractivity contribution in [1.82, 2.24) is 10.2 Å². The summed E-state index contributed by atoms with van der Waals surface area (Å²) >= 11 is 0. The van der Waals surface area contributed by atoms with E-state index in [1.165, 1.54) is 19.4 Å². The Morgan fingerprint density at radius 2 is 1.73 bits per heavy atom. The molecule has 2 nitrogen and oxygen atoms in total. The first-order valence-electron chi connectivity index (χ1n) is 6.41. The van der Waals surface area contributed by atoms with Gasteiger partial charge in [-0.2, -0.15) is 0 Å². The average Bonchev–Trinajstić information content (AvgIpc) is 2.13. The highest BCUT2D eigenvalue weighted by Crippen LogP contribution is 2.10. The van der Waals surface area contributed by atoms with Crippen molar-refractivity contribution in [3.8, 4) is 0 Å². The molecule has 15 heavy (non-hydrogen) atoms. The predicted molar refractivity (Wildman–Crippen MR) is 69.3 cm³/mol. The first kappa shape index (κ1) is 14.9. The Balaban J connectivity index is 3.67. The molecule has 92 valence electrons. The van der Waals surface area contributed by atoms with Crippen molar-refractivity contribution in [1.29, 1.82) is 0 Å². The molecule has 0 amide bonds. The van der Waals surface area contributed by atoms with E-state index in [0.717, 1.165) is 12.5 Å². The van der Waals surface area contributed by atoms with Gasteiger partial charge in [0.2, 0.25) is 0 Å². The van der Waals surface area contributed by atoms with Crippen LogP contribution < -0.4 is 5.32 Å². The van der Waals surface area contributed by atoms with Crippen LogP contribution in [0.5, 0.6) is 0 Å². The van der Waals surface area contributed by atoms with E-state index in [0.29, 0.717) is 12.1 Å². The van der Waals surface area contributed by atoms with Crippen molar-refractivity contribution in [2.24, 2.45) is 5.92 Å². The standard InChI is InChI=1S/C13H30N2/c1-7-14-12(4)8-9-15(6)13(5)10-11(2)3/h11-14H,7-10H2,1-6H3. The Morgan fingerprint density at radius 3 is 2.20 bits per heavy atom. The van der Waals surface area contributed by atoms with E-state index in [1.54, 1.807) is 0 Å². The smallest absolute Gasteiger partial charge is 0.00663 e. The minimum atomic E-state index is 0.642. The van der Waals surface area contributed by atoms with E-state index in [1.807, 2.05) is 0 Å². The molecular formula is C13H30N2. The maximum atomic E-state index is 3.45. The van der Waals surface area contributed by atoms with Gasteiger partial charge in [0.05, 0.1) is 0 Å². The molecule has 2 unspecified atom stereocenters. The summed E-state index contributed by atoms with van der Waals surface area (Å²) in [6, 6.07) is 1.35. The van der Waals surface area contributed by atoms with Crippen LogP contribution in [0.25, 0.3) is 0 Å². The van der Waals surface area contributed by atoms with E-state index in [4.69, 9.17) is 0 Å². The zero-order chi connectivity index (χ0) is 11.8. The van der Waals surface area contributed by atoms with E-state index in [-0.39, 0.29) is 0 Å². The Morgan fingerprint density at radius 1 is 1.13 bits per heavy atom. The molecule has 0 spiro atoms. The molecular weight excluding hydrogens is 184 g/mol. The van der Waals surface area contributed by atoms with E-state index in [9.17, 15) is 0 Å². The molecule has 0 aromatic rings. The van der Waals surface area contributed by atoms with Crippen molar-refractivity contribution in [3.05, 3.63) is 0 Å². The summed E-state index contributed by atoms with van der Waals surface area (Å²) in [4.78, 5) is 2.48. The van der Waals surface area contributed by atoms with Gasteiger partial charge in [-0.25, -0.2) is 0 Å². The maximum Gasteiger partial charge on any atom is 0.00663 e. The van der Waals surface area contributed by atoms with Gasteiger partial charge in [-0.3, -0.25) is 0 Å². The number of hydrogen-bond donors (Lipinski definition) is 1. The Hall–Kier alpha value is -0.0800. The van der Waals surface area contributed by atoms with Crippen LogP contribution in [0.1, 0.15) is 47.5 Å². The van der Waals surface area contributed by atoms with Crippen molar-refractivity contribution >= 4 is 0 Å². The summed E-state index contributed by atoms with van der Waals surface area (Å²) in [5.74, 6) is 0.800. The lowest BCUT2D eigenvalue weighted by Crippen LogP contribution is -2.35. The van der Waals surface area contributed by atoms with Gasteiger partial charge in [0.1, 0.15) is 0 Å². The SMILES string of the molecule is CCNC(C)CCN(C)C(C)CC(C)C. The second kappa shape index (κ2) is 8.12. The van der Waals surface area contributed by atoms with E-state index >= 15 is 0 Å². The number of hydrogen-bond acceptors (Lipinski definition) is 2. The summed E-state index contributed by atoms with van der Waals surface area (Å²) in [6.07, 6.45) is 2.54. The second-order valence-corrected chi connectivity index (χ2v) is 5.21. The molecule has 0 aliphatic rings. The van der Waals surface area contributed by atoms with Gasteiger partial charge >= 0.3 is 0 Å². The lowest BCUT2D eigenvalue weighted by atomic mass is 10.0. The topological polar surface area (TPSA) is 15.3 Å².